The summed E-state index contributed by atoms with van der Waals surface area (Å²) in [5, 5.41) is 0. The van der Waals surface area contributed by atoms with Crippen LogP contribution >= 0.6 is 0 Å². The summed E-state index contributed by atoms with van der Waals surface area (Å²) in [6, 6.07) is 8.67. The number of rotatable bonds is 4. The van der Waals surface area contributed by atoms with Crippen LogP contribution in [-0.2, 0) is 9.47 Å². The summed E-state index contributed by atoms with van der Waals surface area (Å²) in [6.07, 6.45) is 0.572. The Labute approximate surface area is 150 Å². The molecule has 0 bridgehead atoms. The molecule has 0 saturated carbocycles. The van der Waals surface area contributed by atoms with Crippen LogP contribution in [0.3, 0.4) is 0 Å². The highest BCUT2D eigenvalue weighted by Gasteiger charge is 2.45. The highest BCUT2D eigenvalue weighted by Crippen LogP contribution is 2.37. The molecule has 2 heterocycles. The van der Waals surface area contributed by atoms with Gasteiger partial charge in [0.15, 0.2) is 12.3 Å². The van der Waals surface area contributed by atoms with Crippen LogP contribution in [0.15, 0.2) is 46.1 Å². The van der Waals surface area contributed by atoms with Gasteiger partial charge in [-0.3, -0.25) is 14.3 Å². The molecule has 0 radical (unpaired) electrons. The molecule has 3 rings (SSSR count). The maximum Gasteiger partial charge on any atom is 0.338 e. The van der Waals surface area contributed by atoms with Crippen LogP contribution in [0.2, 0.25) is 0 Å². The van der Waals surface area contributed by atoms with Crippen LogP contribution in [0.25, 0.3) is 0 Å². The molecular weight excluding hydrogens is 336 g/mol. The number of hydrogen-bond donors (Lipinski definition) is 1. The van der Waals surface area contributed by atoms with Crippen molar-refractivity contribution in [1.29, 1.82) is 0 Å². The van der Waals surface area contributed by atoms with Gasteiger partial charge < -0.3 is 9.47 Å². The van der Waals surface area contributed by atoms with E-state index in [1.165, 1.54) is 10.8 Å². The van der Waals surface area contributed by atoms with E-state index in [-0.39, 0.29) is 12.0 Å². The lowest BCUT2D eigenvalue weighted by Gasteiger charge is -2.23. The molecule has 4 atom stereocenters. The monoisotopic (exact) mass is 358 g/mol. The van der Waals surface area contributed by atoms with Gasteiger partial charge in [0.05, 0.1) is 11.7 Å². The topological polar surface area (TPSA) is 90.4 Å². The van der Waals surface area contributed by atoms with Crippen LogP contribution in [-0.4, -0.2) is 27.7 Å². The van der Waals surface area contributed by atoms with E-state index in [1.807, 2.05) is 19.9 Å². The number of aromatic nitrogens is 2. The largest absolute Gasteiger partial charge is 0.454 e. The van der Waals surface area contributed by atoms with Crippen LogP contribution in [0.5, 0.6) is 0 Å². The van der Waals surface area contributed by atoms with Crippen molar-refractivity contribution < 1.29 is 14.3 Å². The minimum absolute atomic E-state index is 0.100. The van der Waals surface area contributed by atoms with Gasteiger partial charge in [0.1, 0.15) is 0 Å². The van der Waals surface area contributed by atoms with Gasteiger partial charge in [-0.1, -0.05) is 32.0 Å². The van der Waals surface area contributed by atoms with Crippen molar-refractivity contribution in [1.82, 2.24) is 9.55 Å². The van der Waals surface area contributed by atoms with Crippen LogP contribution in [0.4, 0.5) is 0 Å². The molecule has 2 aromatic rings. The number of nitrogens with zero attached hydrogens (tertiary/aromatic N) is 1. The highest BCUT2D eigenvalue weighted by atomic mass is 16.6. The van der Waals surface area contributed by atoms with E-state index < -0.39 is 29.6 Å². The number of esters is 1. The summed E-state index contributed by atoms with van der Waals surface area (Å²) in [6.45, 7) is 5.51. The standard InChI is InChI=1S/C19H22N2O5/c1-4-14-12(3)15(26-18(23)13-8-6-5-7-9-13)17(25-14)21-10-11(2)16(22)20-19(21)24/h5-10,12,14-15,17H,4H2,1-3H3,(H,20,22,24)/t12-,14+,15+,17?/m0/s1. The fourth-order valence-electron chi connectivity index (χ4n) is 3.25. The molecular formula is C19H22N2O5. The zero-order valence-electron chi connectivity index (χ0n) is 15.0. The lowest BCUT2D eigenvalue weighted by atomic mass is 9.98. The van der Waals surface area contributed by atoms with Crippen molar-refractivity contribution in [3.8, 4) is 0 Å². The van der Waals surface area contributed by atoms with Gasteiger partial charge in [-0.2, -0.15) is 0 Å². The molecule has 0 amide bonds. The van der Waals surface area contributed by atoms with Crippen LogP contribution in [0, 0.1) is 12.8 Å². The van der Waals surface area contributed by atoms with E-state index in [9.17, 15) is 14.4 Å². The van der Waals surface area contributed by atoms with E-state index in [0.717, 1.165) is 0 Å². The number of aryl methyl sites for hydroxylation is 1. The molecule has 1 aromatic carbocycles. The number of carbonyl (C=O) groups is 1. The first-order valence-electron chi connectivity index (χ1n) is 8.66. The average molecular weight is 358 g/mol. The number of benzene rings is 1. The van der Waals surface area contributed by atoms with Crippen molar-refractivity contribution in [2.24, 2.45) is 5.92 Å². The highest BCUT2D eigenvalue weighted by molar-refractivity contribution is 5.89. The number of carbonyl (C=O) groups excluding carboxylic acids is 1. The van der Waals surface area contributed by atoms with E-state index in [0.29, 0.717) is 17.5 Å². The first kappa shape index (κ1) is 18.1. The third-order valence-corrected chi connectivity index (χ3v) is 4.77. The van der Waals surface area contributed by atoms with Gasteiger partial charge in [0.25, 0.3) is 5.56 Å². The van der Waals surface area contributed by atoms with E-state index in [2.05, 4.69) is 4.98 Å². The summed E-state index contributed by atoms with van der Waals surface area (Å²) in [4.78, 5) is 38.7. The molecule has 1 aromatic heterocycles. The number of H-pyrrole nitrogens is 1. The van der Waals surface area contributed by atoms with Gasteiger partial charge in [0.2, 0.25) is 0 Å². The maximum absolute atomic E-state index is 12.5. The Morgan fingerprint density at radius 3 is 2.62 bits per heavy atom. The summed E-state index contributed by atoms with van der Waals surface area (Å²) in [5.74, 6) is -0.571. The van der Waals surface area contributed by atoms with E-state index in [1.54, 1.807) is 31.2 Å². The summed E-state index contributed by atoms with van der Waals surface area (Å²) < 4.78 is 13.0. The van der Waals surface area contributed by atoms with E-state index >= 15 is 0 Å². The molecule has 1 saturated heterocycles. The fraction of sp³-hybridized carbons (Fsp3) is 0.421. The Morgan fingerprint density at radius 1 is 1.27 bits per heavy atom. The molecule has 7 nitrogen and oxygen atoms in total. The predicted octanol–water partition coefficient (Wildman–Crippen LogP) is 2.01. The molecule has 138 valence electrons. The smallest absolute Gasteiger partial charge is 0.338 e. The Balaban J connectivity index is 1.95. The Hall–Kier alpha value is -2.67. The average Bonchev–Trinajstić information content (AvgIpc) is 2.94. The van der Waals surface area contributed by atoms with Gasteiger partial charge >= 0.3 is 11.7 Å². The first-order chi connectivity index (χ1) is 12.4. The van der Waals surface area contributed by atoms with Gasteiger partial charge in [0, 0.05) is 17.7 Å². The van der Waals surface area contributed by atoms with Gasteiger partial charge in [-0.15, -0.1) is 0 Å². The zero-order chi connectivity index (χ0) is 18.8. The third-order valence-electron chi connectivity index (χ3n) is 4.77. The van der Waals surface area contributed by atoms with Crippen molar-refractivity contribution in [3.05, 3.63) is 68.5 Å². The normalized spacial score (nSPS) is 25.2. The van der Waals surface area contributed by atoms with Crippen molar-refractivity contribution in [2.45, 2.75) is 45.6 Å². The van der Waals surface area contributed by atoms with Crippen molar-refractivity contribution in [2.75, 3.05) is 0 Å². The summed E-state index contributed by atoms with van der Waals surface area (Å²) >= 11 is 0. The molecule has 1 unspecified atom stereocenters. The second-order valence-corrected chi connectivity index (χ2v) is 6.55. The minimum atomic E-state index is -0.786. The van der Waals surface area contributed by atoms with E-state index in [4.69, 9.17) is 9.47 Å². The molecule has 1 fully saturated rings. The molecule has 0 aliphatic carbocycles. The van der Waals surface area contributed by atoms with Crippen LogP contribution < -0.4 is 11.2 Å². The number of aromatic amines is 1. The number of nitrogens with one attached hydrogen (secondary N) is 1. The predicted molar refractivity (Wildman–Crippen MR) is 95.1 cm³/mol. The Morgan fingerprint density at radius 2 is 1.96 bits per heavy atom. The fourth-order valence-corrected chi connectivity index (χ4v) is 3.25. The van der Waals surface area contributed by atoms with Crippen LogP contribution in [0.1, 0.15) is 42.4 Å². The quantitative estimate of drug-likeness (QED) is 0.845. The van der Waals surface area contributed by atoms with Crippen molar-refractivity contribution in [3.63, 3.8) is 0 Å². The minimum Gasteiger partial charge on any atom is -0.454 e. The Kier molecular flexibility index (Phi) is 5.08. The summed E-state index contributed by atoms with van der Waals surface area (Å²) in [5.41, 5.74) is -0.213. The molecule has 7 heteroatoms. The zero-order valence-corrected chi connectivity index (χ0v) is 15.0. The lowest BCUT2D eigenvalue weighted by Crippen LogP contribution is -2.38. The third kappa shape index (κ3) is 3.35. The number of ether oxygens (including phenoxy) is 2. The molecule has 1 aliphatic rings. The summed E-state index contributed by atoms with van der Waals surface area (Å²) in [7, 11) is 0. The molecule has 1 N–H and O–H groups in total. The number of hydrogen-bond acceptors (Lipinski definition) is 5. The molecule has 1 aliphatic heterocycles. The second-order valence-electron chi connectivity index (χ2n) is 6.55. The second kappa shape index (κ2) is 7.29. The van der Waals surface area contributed by atoms with Gasteiger partial charge in [-0.05, 0) is 25.5 Å². The van der Waals surface area contributed by atoms with Gasteiger partial charge in [-0.25, -0.2) is 9.59 Å². The molecule has 26 heavy (non-hydrogen) atoms. The SMILES string of the molecule is CC[C@H]1OC(n2cc(C)c(=O)[nH]c2=O)[C@H](OC(=O)c2ccccc2)[C@H]1C. The Bertz CT molecular complexity index is 902. The lowest BCUT2D eigenvalue weighted by molar-refractivity contribution is -0.0511. The maximum atomic E-state index is 12.5. The first-order valence-corrected chi connectivity index (χ1v) is 8.66. The molecule has 0 spiro atoms. The van der Waals surface area contributed by atoms with Crippen molar-refractivity contribution >= 4 is 5.97 Å².